The number of pyridine rings is 1. The molecule has 4 nitrogen and oxygen atoms in total. The normalized spacial score (nSPS) is 11.2. The summed E-state index contributed by atoms with van der Waals surface area (Å²) in [6.07, 6.45) is 1.87. The first-order valence-corrected chi connectivity index (χ1v) is 8.79. The molecule has 0 amide bonds. The molecule has 25 heavy (non-hydrogen) atoms. The molecule has 2 aliphatic rings. The quantitative estimate of drug-likeness (QED) is 0.450. The third kappa shape index (κ3) is 2.64. The lowest BCUT2D eigenvalue weighted by atomic mass is 10.2. The topological polar surface area (TPSA) is 51.0 Å². The van der Waals surface area contributed by atoms with Gasteiger partial charge in [-0.3, -0.25) is 0 Å². The second kappa shape index (κ2) is 5.72. The molecule has 1 aromatic carbocycles. The number of anilines is 2. The van der Waals surface area contributed by atoms with Crippen LogP contribution in [0.3, 0.4) is 0 Å². The number of fused-ring (bicyclic) bond motifs is 2. The van der Waals surface area contributed by atoms with Crippen molar-refractivity contribution in [1.82, 2.24) is 9.97 Å². The van der Waals surface area contributed by atoms with Crippen LogP contribution in [0, 0.1) is 0 Å². The lowest BCUT2D eigenvalue weighted by molar-refractivity contribution is 0.581. The van der Waals surface area contributed by atoms with Crippen LogP contribution in [0.25, 0.3) is 33.6 Å². The maximum atomic E-state index is 5.91. The molecule has 3 aromatic rings. The summed E-state index contributed by atoms with van der Waals surface area (Å²) in [6.45, 7) is 0. The van der Waals surface area contributed by atoms with Crippen LogP contribution in [0.2, 0.25) is 0 Å². The van der Waals surface area contributed by atoms with Crippen LogP contribution in [-0.4, -0.2) is 9.97 Å². The van der Waals surface area contributed by atoms with Crippen molar-refractivity contribution in [3.63, 3.8) is 0 Å². The maximum Gasteiger partial charge on any atom is 0.188 e. The highest BCUT2D eigenvalue weighted by Crippen LogP contribution is 2.32. The highest BCUT2D eigenvalue weighted by molar-refractivity contribution is 7.14. The van der Waals surface area contributed by atoms with Gasteiger partial charge in [0.05, 0.1) is 0 Å². The summed E-state index contributed by atoms with van der Waals surface area (Å²) in [5.41, 5.74) is 1.91. The molecule has 0 atom stereocenters. The Balaban J connectivity index is 1.44. The fourth-order valence-corrected chi connectivity index (χ4v) is 3.52. The van der Waals surface area contributed by atoms with Crippen LogP contribution in [0.1, 0.15) is 0 Å². The standard InChI is InChI=1S/C20H13N3OS/c1-2-5-15-11-21-19(10-14(15)4-1)23-20-22-16(12-25-20)18-9-8-13-6-3-7-17(13)24-18/h1-12H,(H,21,22,23). The molecule has 5 rings (SSSR count). The minimum Gasteiger partial charge on any atom is -0.454 e. The van der Waals surface area contributed by atoms with Gasteiger partial charge in [0.1, 0.15) is 17.3 Å². The largest absolute Gasteiger partial charge is 0.454 e. The highest BCUT2D eigenvalue weighted by Gasteiger charge is 2.11. The van der Waals surface area contributed by atoms with E-state index in [1.54, 1.807) is 0 Å². The van der Waals surface area contributed by atoms with E-state index in [0.717, 1.165) is 44.5 Å². The van der Waals surface area contributed by atoms with Crippen LogP contribution in [0.4, 0.5) is 10.9 Å². The number of benzene rings is 1. The number of rotatable bonds is 3. The summed E-state index contributed by atoms with van der Waals surface area (Å²) in [6, 6.07) is 20.2. The summed E-state index contributed by atoms with van der Waals surface area (Å²) >= 11 is 1.53. The van der Waals surface area contributed by atoms with Gasteiger partial charge < -0.3 is 9.73 Å². The smallest absolute Gasteiger partial charge is 0.188 e. The van der Waals surface area contributed by atoms with Crippen molar-refractivity contribution in [3.8, 4) is 22.8 Å². The van der Waals surface area contributed by atoms with Gasteiger partial charge in [-0.2, -0.15) is 0 Å². The molecule has 0 saturated carbocycles. The molecule has 1 aliphatic heterocycles. The average molecular weight is 343 g/mol. The average Bonchev–Trinajstić information content (AvgIpc) is 3.30. The van der Waals surface area contributed by atoms with E-state index in [1.807, 2.05) is 60.1 Å². The third-order valence-corrected chi connectivity index (χ3v) is 4.82. The lowest BCUT2D eigenvalue weighted by Crippen LogP contribution is -1.92. The molecule has 1 N–H and O–H groups in total. The summed E-state index contributed by atoms with van der Waals surface area (Å²) in [4.78, 5) is 9.07. The lowest BCUT2D eigenvalue weighted by Gasteiger charge is -2.04. The molecule has 120 valence electrons. The fraction of sp³-hybridized carbons (Fsp3) is 0. The molecular formula is C20H13N3OS. The molecule has 0 bridgehead atoms. The van der Waals surface area contributed by atoms with Crippen molar-refractivity contribution in [1.29, 1.82) is 0 Å². The van der Waals surface area contributed by atoms with Gasteiger partial charge in [0.2, 0.25) is 0 Å². The Morgan fingerprint density at radius 1 is 0.880 bits per heavy atom. The molecule has 1 aliphatic carbocycles. The minimum atomic E-state index is 0.759. The zero-order valence-corrected chi connectivity index (χ0v) is 14.0. The Morgan fingerprint density at radius 2 is 1.80 bits per heavy atom. The number of aromatic nitrogens is 2. The van der Waals surface area contributed by atoms with Crippen LogP contribution in [0.5, 0.6) is 0 Å². The van der Waals surface area contributed by atoms with Crippen molar-refractivity contribution in [2.75, 3.05) is 5.32 Å². The van der Waals surface area contributed by atoms with Crippen molar-refractivity contribution < 1.29 is 4.42 Å². The molecular weight excluding hydrogens is 330 g/mol. The fourth-order valence-electron chi connectivity index (χ4n) is 2.81. The van der Waals surface area contributed by atoms with Crippen molar-refractivity contribution in [2.45, 2.75) is 0 Å². The van der Waals surface area contributed by atoms with Gasteiger partial charge in [-0.15, -0.1) is 11.3 Å². The van der Waals surface area contributed by atoms with Gasteiger partial charge >= 0.3 is 0 Å². The Kier molecular flexibility index (Phi) is 3.24. The summed E-state index contributed by atoms with van der Waals surface area (Å²) in [5, 5.41) is 8.31. The van der Waals surface area contributed by atoms with Crippen molar-refractivity contribution >= 4 is 33.1 Å². The highest BCUT2D eigenvalue weighted by atomic mass is 32.1. The number of hydrogen-bond acceptors (Lipinski definition) is 5. The second-order valence-corrected chi connectivity index (χ2v) is 6.58. The predicted octanol–water partition coefficient (Wildman–Crippen LogP) is 5.80. The molecule has 3 heterocycles. The van der Waals surface area contributed by atoms with E-state index in [0.29, 0.717) is 0 Å². The van der Waals surface area contributed by atoms with Crippen LogP contribution in [-0.2, 0) is 0 Å². The van der Waals surface area contributed by atoms with E-state index in [-0.39, 0.29) is 0 Å². The first kappa shape index (κ1) is 14.2. The molecule has 2 aromatic heterocycles. The molecule has 0 fully saturated rings. The Morgan fingerprint density at radius 3 is 2.76 bits per heavy atom. The second-order valence-electron chi connectivity index (χ2n) is 5.72. The molecule has 0 saturated heterocycles. The summed E-state index contributed by atoms with van der Waals surface area (Å²) in [7, 11) is 0. The summed E-state index contributed by atoms with van der Waals surface area (Å²) < 4.78 is 5.91. The van der Waals surface area contributed by atoms with Crippen molar-refractivity contribution in [2.24, 2.45) is 0 Å². The van der Waals surface area contributed by atoms with Crippen LogP contribution in [0.15, 0.2) is 76.7 Å². The van der Waals surface area contributed by atoms with E-state index in [2.05, 4.69) is 27.4 Å². The first-order valence-electron chi connectivity index (χ1n) is 7.91. The molecule has 0 radical (unpaired) electrons. The van der Waals surface area contributed by atoms with Gasteiger partial charge in [0.25, 0.3) is 0 Å². The molecule has 0 spiro atoms. The zero-order valence-electron chi connectivity index (χ0n) is 13.1. The van der Waals surface area contributed by atoms with E-state index in [4.69, 9.17) is 4.42 Å². The SMILES string of the molecule is c1cc2ccc(-c3csc(Nc4cc5ccccc5cn4)n3)oc-2c1. The van der Waals surface area contributed by atoms with E-state index in [9.17, 15) is 0 Å². The van der Waals surface area contributed by atoms with E-state index in [1.165, 1.54) is 11.3 Å². The number of hydrogen-bond donors (Lipinski definition) is 1. The Bertz CT molecular complexity index is 1140. The van der Waals surface area contributed by atoms with E-state index < -0.39 is 0 Å². The molecule has 5 heteroatoms. The van der Waals surface area contributed by atoms with Gasteiger partial charge in [0, 0.05) is 22.5 Å². The monoisotopic (exact) mass is 343 g/mol. The maximum absolute atomic E-state index is 5.91. The molecule has 0 unspecified atom stereocenters. The number of nitrogens with zero attached hydrogens (tertiary/aromatic N) is 2. The summed E-state index contributed by atoms with van der Waals surface area (Å²) in [5.74, 6) is 2.41. The van der Waals surface area contributed by atoms with Crippen molar-refractivity contribution in [3.05, 3.63) is 72.2 Å². The zero-order chi connectivity index (χ0) is 16.6. The van der Waals surface area contributed by atoms with Gasteiger partial charge in [-0.25, -0.2) is 9.97 Å². The predicted molar refractivity (Wildman–Crippen MR) is 101 cm³/mol. The number of thiazole rings is 1. The van der Waals surface area contributed by atoms with Gasteiger partial charge in [-0.1, -0.05) is 36.4 Å². The van der Waals surface area contributed by atoms with Gasteiger partial charge in [0.15, 0.2) is 10.9 Å². The van der Waals surface area contributed by atoms with Crippen LogP contribution >= 0.6 is 11.3 Å². The van der Waals surface area contributed by atoms with E-state index >= 15 is 0 Å². The Hall–Kier alpha value is -3.18. The Labute approximate surface area is 148 Å². The first-order chi connectivity index (χ1) is 12.3. The van der Waals surface area contributed by atoms with Crippen LogP contribution < -0.4 is 5.32 Å². The van der Waals surface area contributed by atoms with Gasteiger partial charge in [-0.05, 0) is 29.7 Å². The third-order valence-electron chi connectivity index (χ3n) is 4.06. The number of nitrogens with one attached hydrogen (secondary N) is 1. The minimum absolute atomic E-state index is 0.759.